The smallest absolute Gasteiger partial charge is 1.00 e. The Hall–Kier alpha value is 0.272. The van der Waals surface area contributed by atoms with Crippen LogP contribution in [0, 0.1) is 12.2 Å². The van der Waals surface area contributed by atoms with Crippen LogP contribution in [0.3, 0.4) is 0 Å². The summed E-state index contributed by atoms with van der Waals surface area (Å²) < 4.78 is 0. The van der Waals surface area contributed by atoms with Crippen molar-refractivity contribution >= 4 is 0 Å². The molecular weight excluding hydrogens is 175 g/mol. The standard InChI is InChI=1S/2C5H5.Li.Ti.3H/c2*1-2-4-5-3-1;;;;;/h2*1-3H,4H2;;;;;/q2*-1;+1;+4;3*-1. The first-order valence-electron chi connectivity index (χ1n) is 3.43. The van der Waals surface area contributed by atoms with Crippen molar-refractivity contribution in [3.63, 3.8) is 0 Å². The molecule has 0 aromatic carbocycles. The number of hydrogen-bond donors (Lipinski definition) is 0. The van der Waals surface area contributed by atoms with Crippen molar-refractivity contribution in [2.24, 2.45) is 0 Å². The van der Waals surface area contributed by atoms with E-state index in [2.05, 4.69) is 24.3 Å². The van der Waals surface area contributed by atoms with Gasteiger partial charge in [0, 0.05) is 0 Å². The molecule has 58 valence electrons. The van der Waals surface area contributed by atoms with Gasteiger partial charge in [0.1, 0.15) is 0 Å². The summed E-state index contributed by atoms with van der Waals surface area (Å²) in [6.45, 7) is 0. The van der Waals surface area contributed by atoms with E-state index in [0.717, 1.165) is 12.8 Å². The summed E-state index contributed by atoms with van der Waals surface area (Å²) in [6, 6.07) is 0. The molecular formula is C10H13LiTi. The molecule has 12 heavy (non-hydrogen) atoms. The summed E-state index contributed by atoms with van der Waals surface area (Å²) in [5.74, 6) is 0. The largest absolute Gasteiger partial charge is 4.00 e. The Bertz CT molecular complexity index is 159. The van der Waals surface area contributed by atoms with E-state index in [1.165, 1.54) is 0 Å². The molecule has 0 aromatic rings. The van der Waals surface area contributed by atoms with Gasteiger partial charge in [-0.3, -0.25) is 12.2 Å². The zero-order valence-corrected chi connectivity index (χ0v) is 8.94. The fraction of sp³-hybridized carbons (Fsp3) is 0.200. The molecule has 0 heterocycles. The van der Waals surface area contributed by atoms with Gasteiger partial charge in [-0.25, -0.2) is 24.3 Å². The van der Waals surface area contributed by atoms with E-state index in [0.29, 0.717) is 0 Å². The van der Waals surface area contributed by atoms with E-state index in [9.17, 15) is 0 Å². The number of rotatable bonds is 0. The van der Waals surface area contributed by atoms with Crippen LogP contribution >= 0.6 is 0 Å². The van der Waals surface area contributed by atoms with E-state index in [1.54, 1.807) is 0 Å². The second-order valence-electron chi connectivity index (χ2n) is 2.01. The average molecular weight is 188 g/mol. The van der Waals surface area contributed by atoms with Crippen LogP contribution in [0.25, 0.3) is 0 Å². The molecule has 0 saturated heterocycles. The quantitative estimate of drug-likeness (QED) is 0.369. The van der Waals surface area contributed by atoms with Gasteiger partial charge in [-0.2, -0.15) is 12.2 Å². The summed E-state index contributed by atoms with van der Waals surface area (Å²) in [6.07, 6.45) is 20.0. The van der Waals surface area contributed by atoms with Crippen LogP contribution in [-0.4, -0.2) is 0 Å². The second-order valence-corrected chi connectivity index (χ2v) is 2.01. The summed E-state index contributed by atoms with van der Waals surface area (Å²) in [7, 11) is 0. The average Bonchev–Trinajstić information content (AvgIpc) is 2.67. The van der Waals surface area contributed by atoms with Crippen LogP contribution in [0.4, 0.5) is 0 Å². The van der Waals surface area contributed by atoms with Crippen molar-refractivity contribution in [2.75, 3.05) is 0 Å². The first-order valence-corrected chi connectivity index (χ1v) is 3.43. The number of allylic oxidation sites excluding steroid dienone is 8. The van der Waals surface area contributed by atoms with E-state index < -0.39 is 0 Å². The van der Waals surface area contributed by atoms with E-state index >= 15 is 0 Å². The predicted molar refractivity (Wildman–Crippen MR) is 46.5 cm³/mol. The topological polar surface area (TPSA) is 0 Å². The van der Waals surface area contributed by atoms with Crippen molar-refractivity contribution in [3.05, 3.63) is 48.6 Å². The van der Waals surface area contributed by atoms with Crippen molar-refractivity contribution < 1.29 is 44.9 Å². The van der Waals surface area contributed by atoms with E-state index in [1.807, 2.05) is 24.3 Å². The fourth-order valence-electron chi connectivity index (χ4n) is 0.680. The molecule has 0 bridgehead atoms. The molecule has 2 heteroatoms. The third kappa shape index (κ3) is 8.37. The van der Waals surface area contributed by atoms with E-state index in [4.69, 9.17) is 0 Å². The van der Waals surface area contributed by atoms with Gasteiger partial charge in [0.2, 0.25) is 0 Å². The van der Waals surface area contributed by atoms with Crippen molar-refractivity contribution in [1.29, 1.82) is 0 Å². The van der Waals surface area contributed by atoms with Crippen LogP contribution < -0.4 is 18.9 Å². The molecule has 2 aliphatic rings. The van der Waals surface area contributed by atoms with Crippen LogP contribution in [-0.2, 0) is 21.7 Å². The molecule has 0 aromatic heterocycles. The molecule has 0 atom stereocenters. The van der Waals surface area contributed by atoms with Gasteiger partial charge in [0.25, 0.3) is 0 Å². The zero-order valence-electron chi connectivity index (χ0n) is 10.4. The molecule has 2 rings (SSSR count). The Labute approximate surface area is 106 Å². The molecule has 2 aliphatic carbocycles. The fourth-order valence-corrected chi connectivity index (χ4v) is 0.680. The Kier molecular flexibility index (Phi) is 13.9. The molecule has 0 radical (unpaired) electrons. The zero-order chi connectivity index (χ0) is 7.07. The summed E-state index contributed by atoms with van der Waals surface area (Å²) in [4.78, 5) is 0. The Morgan fingerprint density at radius 2 is 1.33 bits per heavy atom. The summed E-state index contributed by atoms with van der Waals surface area (Å²) >= 11 is 0. The molecule has 0 nitrogen and oxygen atoms in total. The molecule has 0 N–H and O–H groups in total. The van der Waals surface area contributed by atoms with Gasteiger partial charge in [-0.15, -0.1) is 12.8 Å². The van der Waals surface area contributed by atoms with Crippen LogP contribution in [0.2, 0.25) is 0 Å². The van der Waals surface area contributed by atoms with Crippen LogP contribution in [0.5, 0.6) is 0 Å². The van der Waals surface area contributed by atoms with E-state index in [-0.39, 0.29) is 44.9 Å². The van der Waals surface area contributed by atoms with Gasteiger partial charge >= 0.3 is 40.6 Å². The monoisotopic (exact) mass is 188 g/mol. The normalized spacial score (nSPS) is 14.7. The third-order valence-electron chi connectivity index (χ3n) is 1.17. The summed E-state index contributed by atoms with van der Waals surface area (Å²) in [5.41, 5.74) is 0. The van der Waals surface area contributed by atoms with Crippen molar-refractivity contribution in [2.45, 2.75) is 12.8 Å². The van der Waals surface area contributed by atoms with Crippen LogP contribution in [0.15, 0.2) is 36.5 Å². The minimum Gasteiger partial charge on any atom is -1.00 e. The van der Waals surface area contributed by atoms with Crippen molar-refractivity contribution in [3.8, 4) is 0 Å². The molecule has 0 saturated carbocycles. The molecule has 0 amide bonds. The maximum atomic E-state index is 2.99. The molecule has 0 aliphatic heterocycles. The van der Waals surface area contributed by atoms with Crippen LogP contribution in [0.1, 0.15) is 17.1 Å². The predicted octanol–water partition coefficient (Wildman–Crippen LogP) is -0.0496. The Morgan fingerprint density at radius 1 is 0.917 bits per heavy atom. The first-order chi connectivity index (χ1) is 5.00. The van der Waals surface area contributed by atoms with Gasteiger partial charge in [-0.1, -0.05) is 0 Å². The van der Waals surface area contributed by atoms with Gasteiger partial charge < -0.3 is 4.28 Å². The van der Waals surface area contributed by atoms with Gasteiger partial charge in [0.05, 0.1) is 0 Å². The van der Waals surface area contributed by atoms with Crippen molar-refractivity contribution in [1.82, 2.24) is 0 Å². The second kappa shape index (κ2) is 11.3. The maximum Gasteiger partial charge on any atom is 4.00 e. The minimum atomic E-state index is 0. The summed E-state index contributed by atoms with van der Waals surface area (Å²) in [5, 5.41) is 0. The third-order valence-corrected chi connectivity index (χ3v) is 1.17. The Balaban J connectivity index is -0.0000000333. The number of hydrogen-bond acceptors (Lipinski definition) is 0. The SMILES string of the molecule is [C-]1=CC=CC1.[C-]1=CC=CC1.[H-].[H-].[H-].[Li+].[Ti+4]. The Morgan fingerprint density at radius 3 is 1.42 bits per heavy atom. The van der Waals surface area contributed by atoms with Gasteiger partial charge in [0.15, 0.2) is 0 Å². The maximum absolute atomic E-state index is 2.99. The van der Waals surface area contributed by atoms with Gasteiger partial charge in [-0.05, 0) is 0 Å². The molecule has 0 unspecified atom stereocenters. The molecule has 0 fully saturated rings. The molecule has 0 spiro atoms. The minimum absolute atomic E-state index is 0. The first kappa shape index (κ1) is 14.8.